The summed E-state index contributed by atoms with van der Waals surface area (Å²) < 4.78 is 34.6. The lowest BCUT2D eigenvalue weighted by molar-refractivity contribution is 0.0802. The van der Waals surface area contributed by atoms with Gasteiger partial charge in [0.1, 0.15) is 0 Å². The molecule has 0 bridgehead atoms. The molecule has 0 aliphatic heterocycles. The average Bonchev–Trinajstić information content (AvgIpc) is 1.79. The summed E-state index contributed by atoms with van der Waals surface area (Å²) in [4.78, 5) is 0. The molecule has 0 heterocycles. The van der Waals surface area contributed by atoms with Crippen LogP contribution in [0.15, 0.2) is 0 Å². The van der Waals surface area contributed by atoms with E-state index in [1.54, 1.807) is 20.8 Å². The predicted octanol–water partition coefficient (Wildman–Crippen LogP) is 0.893. The lowest BCUT2D eigenvalue weighted by Gasteiger charge is -2.16. The minimum Gasteiger partial charge on any atom is -0.360 e. The zero-order valence-corrected chi connectivity index (χ0v) is 7.76. The van der Waals surface area contributed by atoms with Crippen LogP contribution < -0.4 is 0 Å². The van der Waals surface area contributed by atoms with Crippen LogP contribution in [-0.2, 0) is 14.9 Å². The Morgan fingerprint density at radius 2 is 1.91 bits per heavy atom. The first kappa shape index (κ1) is 10.9. The first-order chi connectivity index (χ1) is 4.89. The van der Waals surface area contributed by atoms with Gasteiger partial charge in [0.2, 0.25) is 0 Å². The maximum absolute atomic E-state index is 10.6. The average molecular weight is 182 g/mol. The standard InChI is InChI=1S/C6H14O4S/c1-4-10-6(5(2)3)11(7,8)9/h5-6H,4H2,1-3H3,(H,7,8,9). The molecular formula is C6H14O4S. The molecule has 0 aliphatic rings. The first-order valence-electron chi connectivity index (χ1n) is 3.47. The summed E-state index contributed by atoms with van der Waals surface area (Å²) in [6.07, 6.45) is 0. The van der Waals surface area contributed by atoms with Crippen molar-refractivity contribution in [2.75, 3.05) is 6.61 Å². The van der Waals surface area contributed by atoms with Crippen LogP contribution in [0, 0.1) is 5.92 Å². The van der Waals surface area contributed by atoms with Crippen molar-refractivity contribution in [3.63, 3.8) is 0 Å². The first-order valence-corrected chi connectivity index (χ1v) is 4.97. The van der Waals surface area contributed by atoms with E-state index < -0.39 is 15.6 Å². The Balaban J connectivity index is 4.36. The lowest BCUT2D eigenvalue weighted by atomic mass is 10.2. The van der Waals surface area contributed by atoms with E-state index in [0.29, 0.717) is 0 Å². The van der Waals surface area contributed by atoms with Crippen molar-refractivity contribution < 1.29 is 17.7 Å². The second-order valence-corrected chi connectivity index (χ2v) is 4.08. The molecule has 1 unspecified atom stereocenters. The molecule has 0 amide bonds. The second-order valence-electron chi connectivity index (χ2n) is 2.58. The fourth-order valence-electron chi connectivity index (χ4n) is 0.787. The van der Waals surface area contributed by atoms with E-state index in [9.17, 15) is 8.42 Å². The van der Waals surface area contributed by atoms with Crippen LogP contribution in [0.1, 0.15) is 20.8 Å². The molecule has 11 heavy (non-hydrogen) atoms. The molecule has 4 nitrogen and oxygen atoms in total. The molecule has 68 valence electrons. The summed E-state index contributed by atoms with van der Waals surface area (Å²) in [5.41, 5.74) is -1.09. The smallest absolute Gasteiger partial charge is 0.292 e. The van der Waals surface area contributed by atoms with Crippen molar-refractivity contribution in [1.82, 2.24) is 0 Å². The summed E-state index contributed by atoms with van der Waals surface area (Å²) >= 11 is 0. The van der Waals surface area contributed by atoms with E-state index >= 15 is 0 Å². The third kappa shape index (κ3) is 3.69. The van der Waals surface area contributed by atoms with Gasteiger partial charge < -0.3 is 4.74 Å². The molecule has 1 N–H and O–H groups in total. The molecule has 0 fully saturated rings. The van der Waals surface area contributed by atoms with Crippen molar-refractivity contribution in [3.05, 3.63) is 0 Å². The predicted molar refractivity (Wildman–Crippen MR) is 41.8 cm³/mol. The highest BCUT2D eigenvalue weighted by Gasteiger charge is 2.26. The maximum atomic E-state index is 10.6. The van der Waals surface area contributed by atoms with Gasteiger partial charge in [-0.05, 0) is 12.8 Å². The number of hydrogen-bond acceptors (Lipinski definition) is 3. The molecule has 0 saturated carbocycles. The molecule has 0 aromatic rings. The molecule has 0 aromatic carbocycles. The third-order valence-corrected chi connectivity index (χ3v) is 2.44. The van der Waals surface area contributed by atoms with Crippen molar-refractivity contribution in [2.24, 2.45) is 5.92 Å². The fourth-order valence-corrected chi connectivity index (χ4v) is 1.78. The summed E-state index contributed by atoms with van der Waals surface area (Å²) in [7, 11) is -4.05. The van der Waals surface area contributed by atoms with Gasteiger partial charge in [-0.2, -0.15) is 8.42 Å². The van der Waals surface area contributed by atoms with Gasteiger partial charge in [-0.15, -0.1) is 0 Å². The van der Waals surface area contributed by atoms with Crippen molar-refractivity contribution >= 4 is 10.1 Å². The molecule has 0 radical (unpaired) electrons. The normalized spacial score (nSPS) is 15.4. The minimum atomic E-state index is -4.05. The van der Waals surface area contributed by atoms with E-state index in [-0.39, 0.29) is 12.5 Å². The summed E-state index contributed by atoms with van der Waals surface area (Å²) in [6, 6.07) is 0. The number of rotatable bonds is 4. The highest BCUT2D eigenvalue weighted by atomic mass is 32.2. The summed E-state index contributed by atoms with van der Waals surface area (Å²) in [5.74, 6) is -0.232. The van der Waals surface area contributed by atoms with E-state index in [0.717, 1.165) is 0 Å². The van der Waals surface area contributed by atoms with Crippen LogP contribution in [0.25, 0.3) is 0 Å². The SMILES string of the molecule is CCOC(C(C)C)S(=O)(=O)O. The topological polar surface area (TPSA) is 63.6 Å². The summed E-state index contributed by atoms with van der Waals surface area (Å²) in [6.45, 7) is 5.31. The molecular weight excluding hydrogens is 168 g/mol. The highest BCUT2D eigenvalue weighted by molar-refractivity contribution is 7.86. The van der Waals surface area contributed by atoms with Gasteiger partial charge in [-0.25, -0.2) is 0 Å². The van der Waals surface area contributed by atoms with Gasteiger partial charge in [0, 0.05) is 6.61 Å². The van der Waals surface area contributed by atoms with Crippen molar-refractivity contribution in [1.29, 1.82) is 0 Å². The van der Waals surface area contributed by atoms with E-state index in [1.165, 1.54) is 0 Å². The molecule has 5 heteroatoms. The Hall–Kier alpha value is -0.130. The van der Waals surface area contributed by atoms with E-state index in [1.807, 2.05) is 0 Å². The summed E-state index contributed by atoms with van der Waals surface area (Å²) in [5, 5.41) is 0. The van der Waals surface area contributed by atoms with Crippen molar-refractivity contribution in [2.45, 2.75) is 26.2 Å². The molecule has 0 aliphatic carbocycles. The molecule has 0 rings (SSSR count). The van der Waals surface area contributed by atoms with Crippen LogP contribution in [0.5, 0.6) is 0 Å². The van der Waals surface area contributed by atoms with Crippen LogP contribution in [0.4, 0.5) is 0 Å². The Morgan fingerprint density at radius 1 is 1.45 bits per heavy atom. The van der Waals surface area contributed by atoms with Gasteiger partial charge >= 0.3 is 0 Å². The van der Waals surface area contributed by atoms with Gasteiger partial charge in [-0.1, -0.05) is 13.8 Å². The zero-order valence-electron chi connectivity index (χ0n) is 6.94. The van der Waals surface area contributed by atoms with Gasteiger partial charge in [0.25, 0.3) is 10.1 Å². The van der Waals surface area contributed by atoms with Crippen LogP contribution in [0.3, 0.4) is 0 Å². The largest absolute Gasteiger partial charge is 0.360 e. The molecule has 1 atom stereocenters. The van der Waals surface area contributed by atoms with E-state index in [4.69, 9.17) is 9.29 Å². The lowest BCUT2D eigenvalue weighted by Crippen LogP contribution is -2.29. The second kappa shape index (κ2) is 4.04. The molecule has 0 spiro atoms. The highest BCUT2D eigenvalue weighted by Crippen LogP contribution is 2.11. The fraction of sp³-hybridized carbons (Fsp3) is 1.00. The Labute approximate surface area is 67.3 Å². The van der Waals surface area contributed by atoms with Gasteiger partial charge in [-0.3, -0.25) is 4.55 Å². The Morgan fingerprint density at radius 3 is 2.00 bits per heavy atom. The van der Waals surface area contributed by atoms with Crippen LogP contribution in [0.2, 0.25) is 0 Å². The quantitative estimate of drug-likeness (QED) is 0.656. The Kier molecular flexibility index (Phi) is 3.99. The molecule has 0 aromatic heterocycles. The molecule has 0 saturated heterocycles. The minimum absolute atomic E-state index is 0.232. The monoisotopic (exact) mass is 182 g/mol. The van der Waals surface area contributed by atoms with Gasteiger partial charge in [0.05, 0.1) is 0 Å². The third-order valence-electron chi connectivity index (χ3n) is 1.17. The maximum Gasteiger partial charge on any atom is 0.292 e. The van der Waals surface area contributed by atoms with Gasteiger partial charge in [0.15, 0.2) is 5.44 Å². The van der Waals surface area contributed by atoms with Crippen LogP contribution in [-0.4, -0.2) is 25.0 Å². The van der Waals surface area contributed by atoms with Crippen LogP contribution >= 0.6 is 0 Å². The van der Waals surface area contributed by atoms with E-state index in [2.05, 4.69) is 0 Å². The number of ether oxygens (including phenoxy) is 1. The zero-order chi connectivity index (χ0) is 9.07. The Bertz CT molecular complexity index is 195. The van der Waals surface area contributed by atoms with Crippen molar-refractivity contribution in [3.8, 4) is 0 Å². The number of hydrogen-bond donors (Lipinski definition) is 1.